The maximum atomic E-state index is 6.60. The number of benzene rings is 10. The first-order valence-corrected chi connectivity index (χ1v) is 20.2. The smallest absolute Gasteiger partial charge is 0.143 e. The molecule has 3 nitrogen and oxygen atoms in total. The van der Waals surface area contributed by atoms with E-state index in [0.29, 0.717) is 0 Å². The molecule has 0 unspecified atom stereocenters. The monoisotopic (exact) mass is 752 g/mol. The van der Waals surface area contributed by atoms with Gasteiger partial charge in [-0.15, -0.1) is 0 Å². The lowest BCUT2D eigenvalue weighted by atomic mass is 9.97. The highest BCUT2D eigenvalue weighted by molar-refractivity contribution is 6.19. The number of aromatic nitrogens is 1. The minimum absolute atomic E-state index is 0.890. The van der Waals surface area contributed by atoms with Crippen molar-refractivity contribution in [2.45, 2.75) is 0 Å². The molecule has 0 spiro atoms. The predicted molar refractivity (Wildman–Crippen MR) is 249 cm³/mol. The molecule has 0 fully saturated rings. The van der Waals surface area contributed by atoms with Crippen LogP contribution >= 0.6 is 0 Å². The van der Waals surface area contributed by atoms with E-state index in [4.69, 9.17) is 4.42 Å². The standard InChI is InChI=1S/C56H36N2O/c1-3-17-45-37(12-1)14-10-21-46(45)39-26-29-41(30-27-39)57(42-31-33-43(34-32-42)58-52-23-7-5-19-49(52)50-20-6-8-24-53(50)58)44-16-9-15-40(36-44)47-22-11-25-54-55(47)51-35-28-38-13-2-4-18-48(38)56(51)59-54/h1-36H. The van der Waals surface area contributed by atoms with Crippen molar-refractivity contribution in [2.24, 2.45) is 0 Å². The molecule has 3 heteroatoms. The fourth-order valence-electron chi connectivity index (χ4n) is 9.27. The van der Waals surface area contributed by atoms with E-state index < -0.39 is 0 Å². The van der Waals surface area contributed by atoms with E-state index in [1.54, 1.807) is 0 Å². The van der Waals surface area contributed by atoms with Crippen LogP contribution in [0, 0.1) is 0 Å². The van der Waals surface area contributed by atoms with Crippen molar-refractivity contribution in [3.63, 3.8) is 0 Å². The van der Waals surface area contributed by atoms with Crippen LogP contribution in [0.3, 0.4) is 0 Å². The van der Waals surface area contributed by atoms with Gasteiger partial charge in [0.25, 0.3) is 0 Å². The zero-order valence-electron chi connectivity index (χ0n) is 32.1. The molecule has 12 aromatic rings. The number of nitrogens with zero attached hydrogens (tertiary/aromatic N) is 2. The SMILES string of the molecule is c1cc(-c2cccc3oc4c5ccccc5ccc4c23)cc(N(c2ccc(-c3cccc4ccccc34)cc2)c2ccc(-n3c4ccccc4c4ccccc43)cc2)c1. The van der Waals surface area contributed by atoms with E-state index in [0.717, 1.165) is 61.2 Å². The van der Waals surface area contributed by atoms with Crippen LogP contribution < -0.4 is 4.90 Å². The van der Waals surface area contributed by atoms with Crippen molar-refractivity contribution in [3.05, 3.63) is 218 Å². The molecule has 10 aromatic carbocycles. The van der Waals surface area contributed by atoms with Crippen molar-refractivity contribution >= 4 is 82.4 Å². The van der Waals surface area contributed by atoms with E-state index in [-0.39, 0.29) is 0 Å². The number of anilines is 3. The number of hydrogen-bond donors (Lipinski definition) is 0. The van der Waals surface area contributed by atoms with Crippen LogP contribution in [0.4, 0.5) is 17.1 Å². The van der Waals surface area contributed by atoms with Crippen LogP contribution in [-0.2, 0) is 0 Å². The summed E-state index contributed by atoms with van der Waals surface area (Å²) in [5.41, 5.74) is 13.2. The molecule has 2 heterocycles. The van der Waals surface area contributed by atoms with Gasteiger partial charge in [-0.25, -0.2) is 0 Å². The second-order valence-electron chi connectivity index (χ2n) is 15.3. The quantitative estimate of drug-likeness (QED) is 0.169. The van der Waals surface area contributed by atoms with Gasteiger partial charge in [-0.2, -0.15) is 0 Å². The third kappa shape index (κ3) is 5.36. The Labute approximate surface area is 341 Å². The van der Waals surface area contributed by atoms with Crippen molar-refractivity contribution in [1.82, 2.24) is 4.57 Å². The lowest BCUT2D eigenvalue weighted by Gasteiger charge is -2.26. The summed E-state index contributed by atoms with van der Waals surface area (Å²) in [6.45, 7) is 0. The highest BCUT2D eigenvalue weighted by Gasteiger charge is 2.19. The molecule has 0 aliphatic rings. The van der Waals surface area contributed by atoms with E-state index in [9.17, 15) is 0 Å². The number of furan rings is 1. The lowest BCUT2D eigenvalue weighted by molar-refractivity contribution is 0.673. The van der Waals surface area contributed by atoms with Gasteiger partial charge in [0, 0.05) is 49.7 Å². The summed E-state index contributed by atoms with van der Waals surface area (Å²) < 4.78 is 8.97. The summed E-state index contributed by atoms with van der Waals surface area (Å²) in [5.74, 6) is 0. The average Bonchev–Trinajstić information content (AvgIpc) is 3.86. The molecule has 0 bridgehead atoms. The normalized spacial score (nSPS) is 11.7. The molecule has 0 aliphatic carbocycles. The number of para-hydroxylation sites is 2. The van der Waals surface area contributed by atoms with Gasteiger partial charge in [0.15, 0.2) is 0 Å². The Morgan fingerprint density at radius 1 is 0.356 bits per heavy atom. The van der Waals surface area contributed by atoms with Gasteiger partial charge in [0.2, 0.25) is 0 Å². The maximum Gasteiger partial charge on any atom is 0.143 e. The van der Waals surface area contributed by atoms with Crippen LogP contribution in [0.1, 0.15) is 0 Å². The van der Waals surface area contributed by atoms with Gasteiger partial charge in [0.05, 0.1) is 11.0 Å². The molecule has 0 N–H and O–H groups in total. The van der Waals surface area contributed by atoms with Gasteiger partial charge >= 0.3 is 0 Å². The first-order chi connectivity index (χ1) is 29.3. The predicted octanol–water partition coefficient (Wildman–Crippen LogP) is 15.8. The van der Waals surface area contributed by atoms with E-state index in [1.807, 2.05) is 0 Å². The Hall–Kier alpha value is -7.88. The van der Waals surface area contributed by atoms with Crippen molar-refractivity contribution in [2.75, 3.05) is 4.90 Å². The summed E-state index contributed by atoms with van der Waals surface area (Å²) in [6, 6.07) is 78.7. The molecule has 0 saturated heterocycles. The van der Waals surface area contributed by atoms with Crippen LogP contribution in [0.25, 0.3) is 93.2 Å². The Morgan fingerprint density at radius 3 is 1.68 bits per heavy atom. The van der Waals surface area contributed by atoms with Gasteiger partial charge in [-0.1, -0.05) is 146 Å². The highest BCUT2D eigenvalue weighted by Crippen LogP contribution is 2.43. The molecule has 0 amide bonds. The van der Waals surface area contributed by atoms with Gasteiger partial charge in [-0.05, 0) is 111 Å². The van der Waals surface area contributed by atoms with Crippen molar-refractivity contribution in [3.8, 4) is 27.9 Å². The lowest BCUT2D eigenvalue weighted by Crippen LogP contribution is -2.10. The molecule has 0 saturated carbocycles. The molecule has 0 aliphatic heterocycles. The molecule has 276 valence electrons. The Kier molecular flexibility index (Phi) is 7.54. The number of hydrogen-bond acceptors (Lipinski definition) is 2. The largest absolute Gasteiger partial charge is 0.455 e. The second kappa shape index (κ2) is 13.4. The first kappa shape index (κ1) is 33.3. The third-order valence-electron chi connectivity index (χ3n) is 12.0. The van der Waals surface area contributed by atoms with Gasteiger partial charge in [0.1, 0.15) is 11.2 Å². The van der Waals surface area contributed by atoms with Crippen LogP contribution in [-0.4, -0.2) is 4.57 Å². The zero-order chi connectivity index (χ0) is 38.9. The molecule has 12 rings (SSSR count). The highest BCUT2D eigenvalue weighted by atomic mass is 16.3. The summed E-state index contributed by atoms with van der Waals surface area (Å²) in [4.78, 5) is 2.37. The van der Waals surface area contributed by atoms with Gasteiger partial charge < -0.3 is 13.9 Å². The van der Waals surface area contributed by atoms with E-state index in [2.05, 4.69) is 228 Å². The molecule has 2 aromatic heterocycles. The topological polar surface area (TPSA) is 21.3 Å². The molecule has 0 radical (unpaired) electrons. The van der Waals surface area contributed by atoms with Crippen molar-refractivity contribution in [1.29, 1.82) is 0 Å². The fraction of sp³-hybridized carbons (Fsp3) is 0. The van der Waals surface area contributed by atoms with E-state index in [1.165, 1.54) is 49.1 Å². The maximum absolute atomic E-state index is 6.60. The molecule has 59 heavy (non-hydrogen) atoms. The number of rotatable bonds is 6. The number of fused-ring (bicyclic) bond motifs is 9. The van der Waals surface area contributed by atoms with E-state index >= 15 is 0 Å². The second-order valence-corrected chi connectivity index (χ2v) is 15.3. The minimum atomic E-state index is 0.890. The molecular weight excluding hydrogens is 717 g/mol. The summed E-state index contributed by atoms with van der Waals surface area (Å²) >= 11 is 0. The van der Waals surface area contributed by atoms with Crippen LogP contribution in [0.5, 0.6) is 0 Å². The third-order valence-corrected chi connectivity index (χ3v) is 12.0. The van der Waals surface area contributed by atoms with Crippen LogP contribution in [0.2, 0.25) is 0 Å². The Bertz CT molecular complexity index is 3500. The van der Waals surface area contributed by atoms with Crippen LogP contribution in [0.15, 0.2) is 223 Å². The molecule has 0 atom stereocenters. The first-order valence-electron chi connectivity index (χ1n) is 20.2. The Balaban J connectivity index is 1.01. The average molecular weight is 753 g/mol. The summed E-state index contributed by atoms with van der Waals surface area (Å²) in [7, 11) is 0. The summed E-state index contributed by atoms with van der Waals surface area (Å²) in [6.07, 6.45) is 0. The Morgan fingerprint density at radius 2 is 0.932 bits per heavy atom. The summed E-state index contributed by atoms with van der Waals surface area (Å²) in [5, 5.41) is 9.56. The fourth-order valence-corrected chi connectivity index (χ4v) is 9.27. The van der Waals surface area contributed by atoms with Crippen molar-refractivity contribution < 1.29 is 4.42 Å². The zero-order valence-corrected chi connectivity index (χ0v) is 32.1. The molecular formula is C56H36N2O. The van der Waals surface area contributed by atoms with Gasteiger partial charge in [-0.3, -0.25) is 0 Å². The minimum Gasteiger partial charge on any atom is -0.455 e.